The van der Waals surface area contributed by atoms with Crippen LogP contribution in [-0.2, 0) is 6.54 Å². The predicted molar refractivity (Wildman–Crippen MR) is 76.5 cm³/mol. The van der Waals surface area contributed by atoms with E-state index in [4.69, 9.17) is 0 Å². The highest BCUT2D eigenvalue weighted by atomic mass is 79.9. The summed E-state index contributed by atoms with van der Waals surface area (Å²) in [5, 5.41) is 10.1. The van der Waals surface area contributed by atoms with Gasteiger partial charge in [-0.05, 0) is 28.4 Å². The monoisotopic (exact) mass is 383 g/mol. The van der Waals surface area contributed by atoms with Crippen molar-refractivity contribution in [3.05, 3.63) is 59.4 Å². The van der Waals surface area contributed by atoms with E-state index in [0.717, 1.165) is 15.6 Å². The van der Waals surface area contributed by atoms with Crippen LogP contribution in [0.2, 0.25) is 0 Å². The zero-order chi connectivity index (χ0) is 13.1. The van der Waals surface area contributed by atoms with E-state index in [-0.39, 0.29) is 22.7 Å². The summed E-state index contributed by atoms with van der Waals surface area (Å²) < 4.78 is 2.75. The molecule has 1 N–H and O–H groups in total. The maximum atomic E-state index is 10.1. The molecule has 1 aromatic carbocycles. The summed E-state index contributed by atoms with van der Waals surface area (Å²) in [4.78, 5) is 0. The first kappa shape index (κ1) is 15.9. The van der Waals surface area contributed by atoms with Gasteiger partial charge in [-0.3, -0.25) is 0 Å². The molecular formula is C15H15Br2NO. The van der Waals surface area contributed by atoms with Gasteiger partial charge in [0, 0.05) is 11.6 Å². The third-order valence-corrected chi connectivity index (χ3v) is 2.96. The SMILES string of the molecule is C=C(Br)C[n+]1ccc(-c2ccc(C)cc2)c(O)c1.[Br-]. The molecule has 0 unspecified atom stereocenters. The van der Waals surface area contributed by atoms with E-state index in [1.54, 1.807) is 6.20 Å². The normalized spacial score (nSPS) is 9.79. The highest BCUT2D eigenvalue weighted by Crippen LogP contribution is 2.27. The fraction of sp³-hybridized carbons (Fsp3) is 0.133. The number of allylic oxidation sites excluding steroid dienone is 1. The van der Waals surface area contributed by atoms with E-state index < -0.39 is 0 Å². The second kappa shape index (κ2) is 6.87. The van der Waals surface area contributed by atoms with Gasteiger partial charge in [-0.2, -0.15) is 4.57 Å². The molecule has 2 nitrogen and oxygen atoms in total. The molecule has 0 radical (unpaired) electrons. The Morgan fingerprint density at radius 2 is 1.89 bits per heavy atom. The summed E-state index contributed by atoms with van der Waals surface area (Å²) in [5.74, 6) is 0.273. The maximum Gasteiger partial charge on any atom is 0.211 e. The Hall–Kier alpha value is -1.13. The molecule has 100 valence electrons. The molecule has 1 heterocycles. The molecule has 1 aromatic heterocycles. The van der Waals surface area contributed by atoms with Crippen molar-refractivity contribution in [1.82, 2.24) is 0 Å². The fourth-order valence-electron chi connectivity index (χ4n) is 1.80. The number of hydrogen-bond donors (Lipinski definition) is 1. The summed E-state index contributed by atoms with van der Waals surface area (Å²) in [6, 6.07) is 10.0. The van der Waals surface area contributed by atoms with E-state index >= 15 is 0 Å². The van der Waals surface area contributed by atoms with Gasteiger partial charge in [0.15, 0.2) is 18.5 Å². The Bertz CT molecular complexity index is 579. The molecule has 2 rings (SSSR count). The summed E-state index contributed by atoms with van der Waals surface area (Å²) in [6.07, 6.45) is 3.64. The fourth-order valence-corrected chi connectivity index (χ4v) is 2.09. The van der Waals surface area contributed by atoms with Crippen molar-refractivity contribution in [1.29, 1.82) is 0 Å². The first-order valence-corrected chi connectivity index (χ1v) is 6.48. The van der Waals surface area contributed by atoms with Crippen LogP contribution in [0.5, 0.6) is 5.75 Å². The smallest absolute Gasteiger partial charge is 0.211 e. The van der Waals surface area contributed by atoms with Crippen LogP contribution in [0.15, 0.2) is 53.8 Å². The van der Waals surface area contributed by atoms with Gasteiger partial charge in [-0.25, -0.2) is 0 Å². The average molecular weight is 385 g/mol. The maximum absolute atomic E-state index is 10.1. The number of benzene rings is 1. The van der Waals surface area contributed by atoms with Crippen molar-refractivity contribution in [3.8, 4) is 16.9 Å². The van der Waals surface area contributed by atoms with Crippen LogP contribution < -0.4 is 21.5 Å². The van der Waals surface area contributed by atoms with E-state index in [1.807, 2.05) is 48.0 Å². The van der Waals surface area contributed by atoms with Gasteiger partial charge >= 0.3 is 0 Å². The van der Waals surface area contributed by atoms with Gasteiger partial charge in [0.1, 0.15) is 0 Å². The Kier molecular flexibility index (Phi) is 5.76. The van der Waals surface area contributed by atoms with Crippen LogP contribution in [-0.4, -0.2) is 5.11 Å². The van der Waals surface area contributed by atoms with Gasteiger partial charge in [-0.15, -0.1) is 0 Å². The number of pyridine rings is 1. The minimum atomic E-state index is 0. The summed E-state index contributed by atoms with van der Waals surface area (Å²) in [6.45, 7) is 6.47. The zero-order valence-electron chi connectivity index (χ0n) is 10.6. The largest absolute Gasteiger partial charge is 1.00 e. The first-order chi connectivity index (χ1) is 8.56. The molecule has 2 aromatic rings. The topological polar surface area (TPSA) is 24.1 Å². The number of rotatable bonds is 3. The van der Waals surface area contributed by atoms with Crippen molar-refractivity contribution < 1.29 is 26.7 Å². The van der Waals surface area contributed by atoms with Gasteiger partial charge < -0.3 is 22.1 Å². The molecule has 0 atom stereocenters. The van der Waals surface area contributed by atoms with Gasteiger partial charge in [0.2, 0.25) is 6.20 Å². The van der Waals surface area contributed by atoms with E-state index in [0.29, 0.717) is 6.54 Å². The molecule has 0 aliphatic carbocycles. The third-order valence-electron chi connectivity index (χ3n) is 2.71. The molecule has 0 spiro atoms. The Morgan fingerprint density at radius 1 is 1.26 bits per heavy atom. The van der Waals surface area contributed by atoms with Crippen molar-refractivity contribution >= 4 is 15.9 Å². The Balaban J connectivity index is 0.00000180. The minimum absolute atomic E-state index is 0. The second-order valence-electron chi connectivity index (χ2n) is 4.30. The third kappa shape index (κ3) is 4.18. The van der Waals surface area contributed by atoms with E-state index in [1.165, 1.54) is 5.56 Å². The number of halogens is 2. The van der Waals surface area contributed by atoms with Crippen LogP contribution >= 0.6 is 15.9 Å². The van der Waals surface area contributed by atoms with Crippen LogP contribution in [0, 0.1) is 6.92 Å². The molecule has 0 aliphatic rings. The lowest BCUT2D eigenvalue weighted by Gasteiger charge is -2.04. The molecule has 0 amide bonds. The van der Waals surface area contributed by atoms with Crippen molar-refractivity contribution in [3.63, 3.8) is 0 Å². The average Bonchev–Trinajstić information content (AvgIpc) is 2.30. The number of nitrogens with zero attached hydrogens (tertiary/aromatic N) is 1. The number of aromatic hydroxyl groups is 1. The molecule has 0 fully saturated rings. The lowest BCUT2D eigenvalue weighted by Crippen LogP contribution is -3.00. The van der Waals surface area contributed by atoms with Crippen molar-refractivity contribution in [2.45, 2.75) is 13.5 Å². The van der Waals surface area contributed by atoms with Crippen molar-refractivity contribution in [2.24, 2.45) is 0 Å². The van der Waals surface area contributed by atoms with Crippen LogP contribution in [0.3, 0.4) is 0 Å². The molecule has 0 saturated carbocycles. The zero-order valence-corrected chi connectivity index (χ0v) is 13.8. The highest BCUT2D eigenvalue weighted by Gasteiger charge is 2.10. The quantitative estimate of drug-likeness (QED) is 0.768. The summed E-state index contributed by atoms with van der Waals surface area (Å²) >= 11 is 3.31. The van der Waals surface area contributed by atoms with Gasteiger partial charge in [0.05, 0.1) is 4.48 Å². The van der Waals surface area contributed by atoms with Gasteiger partial charge in [0.25, 0.3) is 0 Å². The molecule has 0 bridgehead atoms. The Labute approximate surface area is 132 Å². The van der Waals surface area contributed by atoms with Crippen molar-refractivity contribution in [2.75, 3.05) is 0 Å². The second-order valence-corrected chi connectivity index (χ2v) is 5.42. The number of hydrogen-bond acceptors (Lipinski definition) is 1. The van der Waals surface area contributed by atoms with Crippen LogP contribution in [0.25, 0.3) is 11.1 Å². The first-order valence-electron chi connectivity index (χ1n) is 5.68. The summed E-state index contributed by atoms with van der Waals surface area (Å²) in [7, 11) is 0. The predicted octanol–water partition coefficient (Wildman–Crippen LogP) is 0.568. The standard InChI is InChI=1S/C15H14BrNO.BrH/c1-11-3-5-13(6-4-11)14-7-8-17(9-12(2)16)10-15(14)18;/h3-8,10H,2,9H2,1H3;1H. The summed E-state index contributed by atoms with van der Waals surface area (Å²) in [5.41, 5.74) is 3.06. The number of aryl methyl sites for hydroxylation is 1. The highest BCUT2D eigenvalue weighted by molar-refractivity contribution is 9.11. The minimum Gasteiger partial charge on any atom is -1.00 e. The van der Waals surface area contributed by atoms with Crippen LogP contribution in [0.1, 0.15) is 5.56 Å². The molecular weight excluding hydrogens is 370 g/mol. The molecule has 19 heavy (non-hydrogen) atoms. The lowest BCUT2D eigenvalue weighted by atomic mass is 10.0. The van der Waals surface area contributed by atoms with E-state index in [9.17, 15) is 5.11 Å². The van der Waals surface area contributed by atoms with E-state index in [2.05, 4.69) is 22.5 Å². The molecule has 0 saturated heterocycles. The lowest BCUT2D eigenvalue weighted by molar-refractivity contribution is -0.687. The molecule has 0 aliphatic heterocycles. The van der Waals surface area contributed by atoms with Crippen LogP contribution in [0.4, 0.5) is 0 Å². The number of aromatic nitrogens is 1. The Morgan fingerprint density at radius 3 is 2.42 bits per heavy atom. The van der Waals surface area contributed by atoms with Gasteiger partial charge in [-0.1, -0.05) is 36.4 Å². The molecule has 4 heteroatoms.